The van der Waals surface area contributed by atoms with Crippen LogP contribution in [0.1, 0.15) is 32.6 Å². The molecule has 1 rings (SSSR count). The van der Waals surface area contributed by atoms with Crippen molar-refractivity contribution in [2.45, 2.75) is 38.6 Å². The van der Waals surface area contributed by atoms with E-state index in [0.29, 0.717) is 26.2 Å². The monoisotopic (exact) mass is 253 g/mol. The number of unbranched alkanes of at least 4 members (excludes halogenated alkanes) is 2. The molecule has 102 valence electrons. The van der Waals surface area contributed by atoms with E-state index in [0.717, 1.165) is 25.8 Å². The summed E-state index contributed by atoms with van der Waals surface area (Å²) in [6.45, 7) is 4.79. The molecule has 1 amide bonds. The lowest BCUT2D eigenvalue weighted by molar-refractivity contribution is -0.125. The second-order valence-corrected chi connectivity index (χ2v) is 4.61. The molecular weight excluding hydrogens is 230 g/mol. The van der Waals surface area contributed by atoms with Crippen LogP contribution in [0.3, 0.4) is 0 Å². The first kappa shape index (κ1) is 14.9. The minimum atomic E-state index is -0.0764. The van der Waals surface area contributed by atoms with Crippen LogP contribution >= 0.6 is 0 Å². The lowest BCUT2D eigenvalue weighted by Crippen LogP contribution is -2.44. The Balaban J connectivity index is 2.21. The van der Waals surface area contributed by atoms with Gasteiger partial charge >= 0.3 is 0 Å². The van der Waals surface area contributed by atoms with Gasteiger partial charge < -0.3 is 15.4 Å². The predicted molar refractivity (Wildman–Crippen MR) is 68.9 cm³/mol. The Bertz CT molecular complexity index is 288. The molecular formula is C13H23N3O2. The molecule has 18 heavy (non-hydrogen) atoms. The first-order chi connectivity index (χ1) is 8.79. The van der Waals surface area contributed by atoms with Crippen LogP contribution in [-0.4, -0.2) is 38.3 Å². The van der Waals surface area contributed by atoms with Crippen molar-refractivity contribution in [3.63, 3.8) is 0 Å². The third-order valence-electron chi connectivity index (χ3n) is 3.09. The zero-order valence-corrected chi connectivity index (χ0v) is 11.1. The smallest absolute Gasteiger partial charge is 0.227 e. The quantitative estimate of drug-likeness (QED) is 0.628. The molecule has 1 aliphatic rings. The van der Waals surface area contributed by atoms with Crippen LogP contribution in [0.5, 0.6) is 0 Å². The average molecular weight is 253 g/mol. The molecule has 0 aromatic rings. The maximum atomic E-state index is 12.0. The molecule has 1 heterocycles. The number of carbonyl (C=O) groups excluding carboxylic acids is 1. The summed E-state index contributed by atoms with van der Waals surface area (Å²) in [6.07, 6.45) is 3.32. The average Bonchev–Trinajstić information content (AvgIpc) is 2.84. The zero-order chi connectivity index (χ0) is 13.2. The molecule has 0 spiro atoms. The third kappa shape index (κ3) is 5.03. The molecule has 0 aliphatic carbocycles. The van der Waals surface area contributed by atoms with E-state index in [4.69, 9.17) is 10.00 Å². The maximum Gasteiger partial charge on any atom is 0.227 e. The van der Waals surface area contributed by atoms with E-state index in [1.54, 1.807) is 0 Å². The van der Waals surface area contributed by atoms with E-state index in [1.165, 1.54) is 0 Å². The number of nitrogens with one attached hydrogen (secondary N) is 2. The highest BCUT2D eigenvalue weighted by Gasteiger charge is 2.33. The minimum absolute atomic E-state index is 0.0676. The van der Waals surface area contributed by atoms with Crippen LogP contribution in [0, 0.1) is 17.2 Å². The molecule has 2 atom stereocenters. The van der Waals surface area contributed by atoms with Gasteiger partial charge in [0.25, 0.3) is 0 Å². The highest BCUT2D eigenvalue weighted by Crippen LogP contribution is 2.13. The molecule has 5 nitrogen and oxygen atoms in total. The number of carbonyl (C=O) groups is 1. The standard InChI is InChI=1S/C13H23N3O2/c1-2-7-15-12-10-18-9-11(12)13(17)16-8-5-3-4-6-14/h11-12,15H,2-5,7-10H2,1H3,(H,16,17). The van der Waals surface area contributed by atoms with Gasteiger partial charge in [0.1, 0.15) is 0 Å². The van der Waals surface area contributed by atoms with Crippen molar-refractivity contribution in [3.05, 3.63) is 0 Å². The normalized spacial score (nSPS) is 22.7. The maximum absolute atomic E-state index is 12.0. The first-order valence-electron chi connectivity index (χ1n) is 6.75. The van der Waals surface area contributed by atoms with Crippen LogP contribution in [0.2, 0.25) is 0 Å². The van der Waals surface area contributed by atoms with Crippen molar-refractivity contribution in [2.24, 2.45) is 5.92 Å². The fourth-order valence-electron chi connectivity index (χ4n) is 2.02. The van der Waals surface area contributed by atoms with E-state index in [-0.39, 0.29) is 17.9 Å². The second kappa shape index (κ2) is 8.90. The van der Waals surface area contributed by atoms with Crippen molar-refractivity contribution in [1.29, 1.82) is 5.26 Å². The number of nitrogens with zero attached hydrogens (tertiary/aromatic N) is 1. The SMILES string of the molecule is CCCNC1COCC1C(=O)NCCCCC#N. The Labute approximate surface area is 109 Å². The molecule has 0 saturated carbocycles. The van der Waals surface area contributed by atoms with Crippen molar-refractivity contribution in [3.8, 4) is 6.07 Å². The highest BCUT2D eigenvalue weighted by molar-refractivity contribution is 5.79. The summed E-state index contributed by atoms with van der Waals surface area (Å²) in [7, 11) is 0. The summed E-state index contributed by atoms with van der Waals surface area (Å²) in [4.78, 5) is 12.0. The van der Waals surface area contributed by atoms with Crippen LogP contribution in [0.4, 0.5) is 0 Å². The van der Waals surface area contributed by atoms with Gasteiger partial charge in [-0.25, -0.2) is 0 Å². The Morgan fingerprint density at radius 2 is 2.22 bits per heavy atom. The fraction of sp³-hybridized carbons (Fsp3) is 0.846. The summed E-state index contributed by atoms with van der Waals surface area (Å²) < 4.78 is 5.37. The lowest BCUT2D eigenvalue weighted by Gasteiger charge is -2.18. The summed E-state index contributed by atoms with van der Waals surface area (Å²) in [5.74, 6) is -0.00872. The number of rotatable bonds is 8. The lowest BCUT2D eigenvalue weighted by atomic mass is 10.0. The Morgan fingerprint density at radius 3 is 2.94 bits per heavy atom. The number of hydrogen-bond donors (Lipinski definition) is 2. The molecule has 0 bridgehead atoms. The van der Waals surface area contributed by atoms with E-state index >= 15 is 0 Å². The molecule has 2 unspecified atom stereocenters. The van der Waals surface area contributed by atoms with Crippen molar-refractivity contribution >= 4 is 5.91 Å². The summed E-state index contributed by atoms with van der Waals surface area (Å²) >= 11 is 0. The van der Waals surface area contributed by atoms with Gasteiger partial charge in [0.2, 0.25) is 5.91 Å². The van der Waals surface area contributed by atoms with Gasteiger partial charge in [-0.05, 0) is 25.8 Å². The molecule has 5 heteroatoms. The van der Waals surface area contributed by atoms with Gasteiger partial charge in [0.05, 0.1) is 25.2 Å². The summed E-state index contributed by atoms with van der Waals surface area (Å²) in [5, 5.41) is 14.7. The molecule has 0 aromatic heterocycles. The van der Waals surface area contributed by atoms with Gasteiger partial charge in [-0.15, -0.1) is 0 Å². The van der Waals surface area contributed by atoms with Gasteiger partial charge in [-0.2, -0.15) is 5.26 Å². The molecule has 0 radical (unpaired) electrons. The van der Waals surface area contributed by atoms with E-state index in [2.05, 4.69) is 23.6 Å². The Kier molecular flexibility index (Phi) is 7.38. The minimum Gasteiger partial charge on any atom is -0.379 e. The number of nitriles is 1. The third-order valence-corrected chi connectivity index (χ3v) is 3.09. The van der Waals surface area contributed by atoms with Crippen LogP contribution < -0.4 is 10.6 Å². The molecule has 2 N–H and O–H groups in total. The van der Waals surface area contributed by atoms with E-state index in [9.17, 15) is 4.79 Å². The van der Waals surface area contributed by atoms with E-state index < -0.39 is 0 Å². The molecule has 0 aromatic carbocycles. The first-order valence-corrected chi connectivity index (χ1v) is 6.75. The van der Waals surface area contributed by atoms with Gasteiger partial charge in [0.15, 0.2) is 0 Å². The Hall–Kier alpha value is -1.12. The highest BCUT2D eigenvalue weighted by atomic mass is 16.5. The van der Waals surface area contributed by atoms with Gasteiger partial charge in [-0.1, -0.05) is 6.92 Å². The zero-order valence-electron chi connectivity index (χ0n) is 11.1. The van der Waals surface area contributed by atoms with Crippen molar-refractivity contribution < 1.29 is 9.53 Å². The topological polar surface area (TPSA) is 74.2 Å². The fourth-order valence-corrected chi connectivity index (χ4v) is 2.02. The summed E-state index contributed by atoms with van der Waals surface area (Å²) in [5.41, 5.74) is 0. The predicted octanol–water partition coefficient (Wildman–Crippen LogP) is 0.811. The second-order valence-electron chi connectivity index (χ2n) is 4.61. The number of amides is 1. The number of ether oxygens (including phenoxy) is 1. The Morgan fingerprint density at radius 1 is 1.39 bits per heavy atom. The van der Waals surface area contributed by atoms with Crippen molar-refractivity contribution in [1.82, 2.24) is 10.6 Å². The van der Waals surface area contributed by atoms with E-state index in [1.807, 2.05) is 0 Å². The van der Waals surface area contributed by atoms with Crippen LogP contribution in [0.15, 0.2) is 0 Å². The number of hydrogen-bond acceptors (Lipinski definition) is 4. The molecule has 1 fully saturated rings. The molecule has 1 saturated heterocycles. The van der Waals surface area contributed by atoms with Gasteiger partial charge in [-0.3, -0.25) is 4.79 Å². The van der Waals surface area contributed by atoms with Crippen LogP contribution in [0.25, 0.3) is 0 Å². The van der Waals surface area contributed by atoms with Crippen LogP contribution in [-0.2, 0) is 9.53 Å². The van der Waals surface area contributed by atoms with Gasteiger partial charge in [0, 0.05) is 19.0 Å². The largest absolute Gasteiger partial charge is 0.379 e. The summed E-state index contributed by atoms with van der Waals surface area (Å²) in [6, 6.07) is 2.24. The molecule has 1 aliphatic heterocycles. The van der Waals surface area contributed by atoms with Crippen molar-refractivity contribution in [2.75, 3.05) is 26.3 Å².